The topological polar surface area (TPSA) is 60.2 Å². The Morgan fingerprint density at radius 1 is 1.44 bits per heavy atom. The van der Waals surface area contributed by atoms with Crippen molar-refractivity contribution in [3.05, 3.63) is 11.7 Å². The van der Waals surface area contributed by atoms with Crippen LogP contribution < -0.4 is 5.32 Å². The van der Waals surface area contributed by atoms with Gasteiger partial charge in [-0.05, 0) is 32.1 Å². The van der Waals surface area contributed by atoms with E-state index in [-0.39, 0.29) is 5.60 Å². The molecule has 1 aromatic rings. The van der Waals surface area contributed by atoms with Gasteiger partial charge in [0.1, 0.15) is 6.61 Å². The van der Waals surface area contributed by atoms with E-state index in [2.05, 4.69) is 29.3 Å². The molecule has 100 valence electrons. The number of nitrogens with zero attached hydrogens (tertiary/aromatic N) is 2. The van der Waals surface area contributed by atoms with Gasteiger partial charge in [-0.15, -0.1) is 0 Å². The molecule has 2 aliphatic rings. The van der Waals surface area contributed by atoms with Crippen molar-refractivity contribution >= 4 is 0 Å². The lowest BCUT2D eigenvalue weighted by Gasteiger charge is -2.38. The maximum Gasteiger partial charge on any atom is 0.252 e. The van der Waals surface area contributed by atoms with Gasteiger partial charge < -0.3 is 14.6 Å². The van der Waals surface area contributed by atoms with E-state index >= 15 is 0 Å². The minimum absolute atomic E-state index is 0.0590. The van der Waals surface area contributed by atoms with Crippen LogP contribution in [-0.4, -0.2) is 28.8 Å². The van der Waals surface area contributed by atoms with Gasteiger partial charge in [-0.3, -0.25) is 0 Å². The minimum Gasteiger partial charge on any atom is -0.363 e. The Balaban J connectivity index is 1.56. The van der Waals surface area contributed by atoms with E-state index in [0.29, 0.717) is 18.4 Å². The van der Waals surface area contributed by atoms with Gasteiger partial charge in [0, 0.05) is 19.0 Å². The van der Waals surface area contributed by atoms with Crippen molar-refractivity contribution in [1.29, 1.82) is 0 Å². The summed E-state index contributed by atoms with van der Waals surface area (Å²) in [6.45, 7) is 6.60. The van der Waals surface area contributed by atoms with Crippen LogP contribution in [-0.2, 0) is 11.3 Å². The molecule has 2 fully saturated rings. The molecule has 2 unspecified atom stereocenters. The van der Waals surface area contributed by atoms with Crippen molar-refractivity contribution in [1.82, 2.24) is 15.5 Å². The molecule has 0 aromatic carbocycles. The van der Waals surface area contributed by atoms with Crippen LogP contribution in [0.5, 0.6) is 0 Å². The molecule has 2 atom stereocenters. The predicted octanol–water partition coefficient (Wildman–Crippen LogP) is 1.85. The second-order valence-corrected chi connectivity index (χ2v) is 6.00. The zero-order valence-electron chi connectivity index (χ0n) is 11.1. The molecule has 5 heteroatoms. The van der Waals surface area contributed by atoms with Crippen LogP contribution >= 0.6 is 0 Å². The molecule has 1 saturated carbocycles. The van der Waals surface area contributed by atoms with Crippen LogP contribution in [0.15, 0.2) is 4.52 Å². The summed E-state index contributed by atoms with van der Waals surface area (Å²) in [6, 6.07) is 0. The van der Waals surface area contributed by atoms with Crippen LogP contribution in [0.4, 0.5) is 0 Å². The van der Waals surface area contributed by atoms with E-state index in [1.54, 1.807) is 0 Å². The van der Waals surface area contributed by atoms with Gasteiger partial charge in [0.25, 0.3) is 5.89 Å². The molecule has 0 amide bonds. The van der Waals surface area contributed by atoms with E-state index in [4.69, 9.17) is 9.26 Å². The standard InChI is InChI=1S/C13H21N3O2/c1-9-3-4-10(5-9)12-15-11(18-16-12)6-17-13(2)7-14-8-13/h9-10,14H,3-8H2,1-2H3. The molecule has 18 heavy (non-hydrogen) atoms. The van der Waals surface area contributed by atoms with Crippen LogP contribution in [0, 0.1) is 5.92 Å². The molecule has 2 heterocycles. The highest BCUT2D eigenvalue weighted by Gasteiger charge is 2.33. The molecule has 1 saturated heterocycles. The number of aromatic nitrogens is 2. The normalized spacial score (nSPS) is 30.3. The van der Waals surface area contributed by atoms with Crippen molar-refractivity contribution in [3.63, 3.8) is 0 Å². The van der Waals surface area contributed by atoms with Gasteiger partial charge in [-0.25, -0.2) is 0 Å². The summed E-state index contributed by atoms with van der Waals surface area (Å²) in [4.78, 5) is 4.46. The van der Waals surface area contributed by atoms with E-state index in [1.807, 2.05) is 0 Å². The van der Waals surface area contributed by atoms with E-state index in [9.17, 15) is 0 Å². The number of ether oxygens (including phenoxy) is 1. The lowest BCUT2D eigenvalue weighted by atomic mass is 10.0. The molecule has 0 spiro atoms. The summed E-state index contributed by atoms with van der Waals surface area (Å²) in [5.41, 5.74) is -0.0590. The van der Waals surface area contributed by atoms with Gasteiger partial charge in [0.05, 0.1) is 5.60 Å². The van der Waals surface area contributed by atoms with Gasteiger partial charge in [-0.1, -0.05) is 12.1 Å². The fourth-order valence-electron chi connectivity index (χ4n) is 2.75. The van der Waals surface area contributed by atoms with E-state index < -0.39 is 0 Å². The Labute approximate surface area is 107 Å². The van der Waals surface area contributed by atoms with Crippen LogP contribution in [0.3, 0.4) is 0 Å². The summed E-state index contributed by atoms with van der Waals surface area (Å²) in [6.07, 6.45) is 3.64. The van der Waals surface area contributed by atoms with Crippen molar-refractivity contribution in [2.45, 2.75) is 51.2 Å². The van der Waals surface area contributed by atoms with E-state index in [1.165, 1.54) is 19.3 Å². The lowest BCUT2D eigenvalue weighted by molar-refractivity contribution is -0.0841. The van der Waals surface area contributed by atoms with Crippen LogP contribution in [0.1, 0.15) is 50.7 Å². The molecular weight excluding hydrogens is 230 g/mol. The first-order valence-electron chi connectivity index (χ1n) is 6.82. The first-order chi connectivity index (χ1) is 8.65. The monoisotopic (exact) mass is 251 g/mol. The molecule has 1 N–H and O–H groups in total. The quantitative estimate of drug-likeness (QED) is 0.885. The second-order valence-electron chi connectivity index (χ2n) is 6.00. The summed E-state index contributed by atoms with van der Waals surface area (Å²) in [5, 5.41) is 7.30. The Bertz CT molecular complexity index is 414. The average molecular weight is 251 g/mol. The Morgan fingerprint density at radius 3 is 2.89 bits per heavy atom. The van der Waals surface area contributed by atoms with Gasteiger partial charge >= 0.3 is 0 Å². The Hall–Kier alpha value is -0.940. The third-order valence-corrected chi connectivity index (χ3v) is 4.09. The molecule has 1 aromatic heterocycles. The van der Waals surface area contributed by atoms with E-state index in [0.717, 1.165) is 24.8 Å². The largest absolute Gasteiger partial charge is 0.363 e. The van der Waals surface area contributed by atoms with Gasteiger partial charge in [0.15, 0.2) is 5.82 Å². The van der Waals surface area contributed by atoms with Gasteiger partial charge in [-0.2, -0.15) is 4.98 Å². The molecular formula is C13H21N3O2. The zero-order valence-corrected chi connectivity index (χ0v) is 11.1. The first kappa shape index (κ1) is 12.1. The van der Waals surface area contributed by atoms with Crippen molar-refractivity contribution in [3.8, 4) is 0 Å². The first-order valence-corrected chi connectivity index (χ1v) is 6.82. The maximum absolute atomic E-state index is 5.79. The summed E-state index contributed by atoms with van der Waals surface area (Å²) >= 11 is 0. The highest BCUT2D eigenvalue weighted by molar-refractivity contribution is 4.99. The number of hydrogen-bond donors (Lipinski definition) is 1. The summed E-state index contributed by atoms with van der Waals surface area (Å²) in [7, 11) is 0. The molecule has 0 radical (unpaired) electrons. The van der Waals surface area contributed by atoms with Crippen molar-refractivity contribution in [2.24, 2.45) is 5.92 Å². The van der Waals surface area contributed by atoms with Crippen molar-refractivity contribution < 1.29 is 9.26 Å². The number of hydrogen-bond acceptors (Lipinski definition) is 5. The SMILES string of the molecule is CC1CCC(c2noc(COC3(C)CNC3)n2)C1. The third kappa shape index (κ3) is 2.42. The summed E-state index contributed by atoms with van der Waals surface area (Å²) in [5.74, 6) is 2.75. The highest BCUT2D eigenvalue weighted by Crippen LogP contribution is 2.36. The number of nitrogens with one attached hydrogen (secondary N) is 1. The minimum atomic E-state index is -0.0590. The smallest absolute Gasteiger partial charge is 0.252 e. The number of rotatable bonds is 4. The lowest BCUT2D eigenvalue weighted by Crippen LogP contribution is -2.58. The Kier molecular flexibility index (Phi) is 3.11. The van der Waals surface area contributed by atoms with Crippen LogP contribution in [0.2, 0.25) is 0 Å². The second kappa shape index (κ2) is 4.63. The summed E-state index contributed by atoms with van der Waals surface area (Å²) < 4.78 is 11.1. The maximum atomic E-state index is 5.79. The molecule has 3 rings (SSSR count). The fourth-order valence-corrected chi connectivity index (χ4v) is 2.75. The van der Waals surface area contributed by atoms with Crippen molar-refractivity contribution in [2.75, 3.05) is 13.1 Å². The molecule has 5 nitrogen and oxygen atoms in total. The highest BCUT2D eigenvalue weighted by atomic mass is 16.5. The zero-order chi connectivity index (χ0) is 12.6. The predicted molar refractivity (Wildman–Crippen MR) is 66.1 cm³/mol. The third-order valence-electron chi connectivity index (χ3n) is 4.09. The average Bonchev–Trinajstić information content (AvgIpc) is 2.92. The van der Waals surface area contributed by atoms with Crippen LogP contribution in [0.25, 0.3) is 0 Å². The molecule has 1 aliphatic carbocycles. The molecule has 0 bridgehead atoms. The van der Waals surface area contributed by atoms with Gasteiger partial charge in [0.2, 0.25) is 0 Å². The fraction of sp³-hybridized carbons (Fsp3) is 0.846. The molecule has 1 aliphatic heterocycles. The Morgan fingerprint density at radius 2 is 2.28 bits per heavy atom.